The van der Waals surface area contributed by atoms with Gasteiger partial charge in [0.15, 0.2) is 0 Å². The maximum absolute atomic E-state index is 14.1. The van der Waals surface area contributed by atoms with E-state index < -0.39 is 0 Å². The van der Waals surface area contributed by atoms with Crippen LogP contribution in [0.4, 0.5) is 4.39 Å². The highest BCUT2D eigenvalue weighted by Gasteiger charge is 2.23. The number of aromatic nitrogens is 1. The smallest absolute Gasteiger partial charge is 0.217 e. The lowest BCUT2D eigenvalue weighted by Crippen LogP contribution is -2.19. The van der Waals surface area contributed by atoms with Crippen molar-refractivity contribution in [2.45, 2.75) is 60.3 Å². The van der Waals surface area contributed by atoms with Gasteiger partial charge in [0.25, 0.3) is 0 Å². The molecular formula is C15H24FN. The molecule has 0 aromatic carbocycles. The summed E-state index contributed by atoms with van der Waals surface area (Å²) in [5.74, 6) is -0.309. The molecule has 0 N–H and O–H groups in total. The molecule has 17 heavy (non-hydrogen) atoms. The largest absolute Gasteiger partial charge is 0.225 e. The Bertz CT molecular complexity index is 385. The molecule has 0 amide bonds. The van der Waals surface area contributed by atoms with Crippen molar-refractivity contribution in [1.82, 2.24) is 4.98 Å². The van der Waals surface area contributed by atoms with Gasteiger partial charge < -0.3 is 0 Å². The van der Waals surface area contributed by atoms with Gasteiger partial charge in [-0.1, -0.05) is 41.5 Å². The van der Waals surface area contributed by atoms with Crippen LogP contribution in [0.15, 0.2) is 6.07 Å². The summed E-state index contributed by atoms with van der Waals surface area (Å²) in [6, 6.07) is 2.02. The third kappa shape index (κ3) is 3.79. The Balaban J connectivity index is 3.19. The molecule has 96 valence electrons. The predicted molar refractivity (Wildman–Crippen MR) is 70.8 cm³/mol. The summed E-state index contributed by atoms with van der Waals surface area (Å²) in [6.45, 7) is 14.4. The van der Waals surface area contributed by atoms with Crippen molar-refractivity contribution in [1.29, 1.82) is 0 Å². The minimum atomic E-state index is -0.309. The van der Waals surface area contributed by atoms with E-state index in [0.29, 0.717) is 0 Å². The molecule has 0 atom stereocenters. The lowest BCUT2D eigenvalue weighted by molar-refractivity contribution is 0.400. The van der Waals surface area contributed by atoms with Gasteiger partial charge in [-0.25, -0.2) is 4.98 Å². The molecule has 0 aliphatic heterocycles. The summed E-state index contributed by atoms with van der Waals surface area (Å²) in [7, 11) is 0. The first kappa shape index (κ1) is 14.1. The summed E-state index contributed by atoms with van der Waals surface area (Å²) < 4.78 is 14.1. The molecule has 0 bridgehead atoms. The zero-order valence-electron chi connectivity index (χ0n) is 12.1. The van der Waals surface area contributed by atoms with Gasteiger partial charge >= 0.3 is 0 Å². The van der Waals surface area contributed by atoms with Gasteiger partial charge in [-0.2, -0.15) is 4.39 Å². The predicted octanol–water partition coefficient (Wildman–Crippen LogP) is 4.42. The van der Waals surface area contributed by atoms with Gasteiger partial charge in [0.05, 0.1) is 0 Å². The van der Waals surface area contributed by atoms with Gasteiger partial charge in [0.1, 0.15) is 0 Å². The van der Waals surface area contributed by atoms with Gasteiger partial charge in [0, 0.05) is 11.3 Å². The molecule has 1 rings (SSSR count). The lowest BCUT2D eigenvalue weighted by Gasteiger charge is -2.24. The molecule has 0 saturated carbocycles. The van der Waals surface area contributed by atoms with Gasteiger partial charge in [-0.05, 0) is 35.8 Å². The molecule has 1 aromatic heterocycles. The van der Waals surface area contributed by atoms with E-state index in [4.69, 9.17) is 0 Å². The first-order chi connectivity index (χ1) is 7.50. The monoisotopic (exact) mass is 237 g/mol. The molecule has 1 nitrogen and oxygen atoms in total. The van der Waals surface area contributed by atoms with Gasteiger partial charge in [-0.3, -0.25) is 0 Å². The Morgan fingerprint density at radius 1 is 1.12 bits per heavy atom. The Morgan fingerprint density at radius 2 is 1.65 bits per heavy atom. The molecule has 0 spiro atoms. The zero-order valence-corrected chi connectivity index (χ0v) is 12.1. The normalized spacial score (nSPS) is 12.9. The van der Waals surface area contributed by atoms with Crippen LogP contribution in [-0.4, -0.2) is 4.98 Å². The van der Waals surface area contributed by atoms with E-state index in [9.17, 15) is 4.39 Å². The van der Waals surface area contributed by atoms with Crippen LogP contribution in [0, 0.1) is 18.3 Å². The maximum atomic E-state index is 14.1. The minimum Gasteiger partial charge on any atom is -0.225 e. The summed E-state index contributed by atoms with van der Waals surface area (Å²) in [6.07, 6.45) is 0.801. The molecule has 1 heterocycles. The fourth-order valence-electron chi connectivity index (χ4n) is 2.23. The Kier molecular flexibility index (Phi) is 3.66. The number of hydrogen-bond acceptors (Lipinski definition) is 1. The second kappa shape index (κ2) is 4.40. The van der Waals surface area contributed by atoms with E-state index >= 15 is 0 Å². The van der Waals surface area contributed by atoms with Crippen molar-refractivity contribution < 1.29 is 4.39 Å². The van der Waals surface area contributed by atoms with Crippen LogP contribution in [0.25, 0.3) is 0 Å². The Hall–Kier alpha value is -0.920. The van der Waals surface area contributed by atoms with Crippen molar-refractivity contribution in [2.24, 2.45) is 5.41 Å². The SMILES string of the molecule is Cc1cc(CC(C)(C)C)nc(F)c1C(C)(C)C. The van der Waals surface area contributed by atoms with Crippen molar-refractivity contribution in [3.05, 3.63) is 28.8 Å². The number of pyridine rings is 1. The molecule has 0 aliphatic carbocycles. The second-order valence-electron chi connectivity index (χ2n) is 7.08. The fraction of sp³-hybridized carbons (Fsp3) is 0.667. The summed E-state index contributed by atoms with van der Waals surface area (Å²) in [4.78, 5) is 4.12. The van der Waals surface area contributed by atoms with Crippen LogP contribution in [-0.2, 0) is 11.8 Å². The quantitative estimate of drug-likeness (QED) is 0.659. The van der Waals surface area contributed by atoms with Gasteiger partial charge in [-0.15, -0.1) is 0 Å². The van der Waals surface area contributed by atoms with E-state index in [-0.39, 0.29) is 16.8 Å². The summed E-state index contributed by atoms with van der Waals surface area (Å²) in [5, 5.41) is 0. The minimum absolute atomic E-state index is 0.134. The van der Waals surface area contributed by atoms with E-state index in [0.717, 1.165) is 23.2 Å². The fourth-order valence-corrected chi connectivity index (χ4v) is 2.23. The number of hydrogen-bond donors (Lipinski definition) is 0. The molecule has 0 radical (unpaired) electrons. The number of halogens is 1. The van der Waals surface area contributed by atoms with Gasteiger partial charge in [0.2, 0.25) is 5.95 Å². The standard InChI is InChI=1S/C15H24FN/c1-10-8-11(9-14(2,3)4)17-13(16)12(10)15(5,6)7/h8H,9H2,1-7H3. The number of rotatable bonds is 1. The maximum Gasteiger partial charge on any atom is 0.217 e. The van der Waals surface area contributed by atoms with Crippen LogP contribution in [0.5, 0.6) is 0 Å². The van der Waals surface area contributed by atoms with Crippen LogP contribution >= 0.6 is 0 Å². The Labute approximate surface area is 104 Å². The van der Waals surface area contributed by atoms with E-state index in [1.807, 2.05) is 33.8 Å². The highest BCUT2D eigenvalue weighted by Crippen LogP contribution is 2.29. The van der Waals surface area contributed by atoms with E-state index in [2.05, 4.69) is 25.8 Å². The first-order valence-electron chi connectivity index (χ1n) is 6.17. The zero-order chi connectivity index (χ0) is 13.4. The number of nitrogens with zero attached hydrogens (tertiary/aromatic N) is 1. The molecule has 0 fully saturated rings. The molecule has 2 heteroatoms. The van der Waals surface area contributed by atoms with Crippen molar-refractivity contribution in [3.8, 4) is 0 Å². The molecule has 1 aromatic rings. The van der Waals surface area contributed by atoms with Crippen molar-refractivity contribution in [2.75, 3.05) is 0 Å². The third-order valence-corrected chi connectivity index (χ3v) is 2.69. The summed E-state index contributed by atoms with van der Waals surface area (Å²) in [5.41, 5.74) is 2.52. The third-order valence-electron chi connectivity index (χ3n) is 2.69. The average molecular weight is 237 g/mol. The summed E-state index contributed by atoms with van der Waals surface area (Å²) >= 11 is 0. The Morgan fingerprint density at radius 3 is 2.00 bits per heavy atom. The van der Waals surface area contributed by atoms with Crippen molar-refractivity contribution in [3.63, 3.8) is 0 Å². The van der Waals surface area contributed by atoms with Crippen LogP contribution in [0.2, 0.25) is 0 Å². The van der Waals surface area contributed by atoms with Crippen LogP contribution in [0.3, 0.4) is 0 Å². The highest BCUT2D eigenvalue weighted by atomic mass is 19.1. The van der Waals surface area contributed by atoms with Crippen LogP contribution in [0.1, 0.15) is 58.4 Å². The number of aryl methyl sites for hydroxylation is 1. The molecular weight excluding hydrogens is 213 g/mol. The van der Waals surface area contributed by atoms with Crippen molar-refractivity contribution >= 4 is 0 Å². The first-order valence-corrected chi connectivity index (χ1v) is 6.17. The molecule has 0 saturated heterocycles. The molecule has 0 unspecified atom stereocenters. The lowest BCUT2D eigenvalue weighted by atomic mass is 9.83. The highest BCUT2D eigenvalue weighted by molar-refractivity contribution is 5.32. The van der Waals surface area contributed by atoms with Crippen LogP contribution < -0.4 is 0 Å². The van der Waals surface area contributed by atoms with E-state index in [1.165, 1.54) is 0 Å². The second-order valence-corrected chi connectivity index (χ2v) is 7.08. The van der Waals surface area contributed by atoms with E-state index in [1.54, 1.807) is 0 Å². The topological polar surface area (TPSA) is 12.9 Å². The molecule has 0 aliphatic rings. The average Bonchev–Trinajstić information content (AvgIpc) is 1.94.